The van der Waals surface area contributed by atoms with Crippen LogP contribution in [-0.2, 0) is 11.8 Å². The molecule has 0 bridgehead atoms. The topological polar surface area (TPSA) is 56.2 Å². The number of amides is 1. The van der Waals surface area contributed by atoms with Gasteiger partial charge in [0.1, 0.15) is 23.4 Å². The van der Waals surface area contributed by atoms with E-state index in [1.807, 2.05) is 29.9 Å². The van der Waals surface area contributed by atoms with Gasteiger partial charge in [0.15, 0.2) is 0 Å². The highest BCUT2D eigenvalue weighted by atomic mass is 35.5. The molecule has 146 valence electrons. The summed E-state index contributed by atoms with van der Waals surface area (Å²) in [5, 5.41) is 3.55. The Morgan fingerprint density at radius 2 is 2.00 bits per heavy atom. The smallest absolute Gasteiger partial charge is 0.224 e. The van der Waals surface area contributed by atoms with Gasteiger partial charge in [0.25, 0.3) is 0 Å². The molecular weight excluding hydrogens is 404 g/mol. The summed E-state index contributed by atoms with van der Waals surface area (Å²) >= 11 is 11.7. The molecule has 0 saturated heterocycles. The van der Waals surface area contributed by atoms with Gasteiger partial charge in [-0.25, -0.2) is 9.37 Å². The number of benzene rings is 2. The van der Waals surface area contributed by atoms with Crippen LogP contribution in [0.4, 0.5) is 4.39 Å². The van der Waals surface area contributed by atoms with E-state index in [9.17, 15) is 9.18 Å². The molecule has 28 heavy (non-hydrogen) atoms. The lowest BCUT2D eigenvalue weighted by Crippen LogP contribution is -2.32. The number of carbonyl (C=O) groups is 1. The zero-order chi connectivity index (χ0) is 20.1. The van der Waals surface area contributed by atoms with Gasteiger partial charge in [-0.3, -0.25) is 4.79 Å². The maximum Gasteiger partial charge on any atom is 0.224 e. The van der Waals surface area contributed by atoms with E-state index < -0.39 is 11.9 Å². The molecule has 1 N–H and O–H groups in total. The number of ether oxygens (including phenoxy) is 1. The summed E-state index contributed by atoms with van der Waals surface area (Å²) in [7, 11) is 1.86. The van der Waals surface area contributed by atoms with Crippen LogP contribution in [0.25, 0.3) is 0 Å². The third-order valence-electron chi connectivity index (χ3n) is 4.11. The first kappa shape index (κ1) is 20.2. The molecule has 0 aliphatic rings. The van der Waals surface area contributed by atoms with Crippen molar-refractivity contribution >= 4 is 29.1 Å². The zero-order valence-electron chi connectivity index (χ0n) is 15.0. The third kappa shape index (κ3) is 5.03. The van der Waals surface area contributed by atoms with E-state index in [0.717, 1.165) is 5.56 Å². The molecule has 1 atom stereocenters. The Morgan fingerprint density at radius 3 is 2.64 bits per heavy atom. The zero-order valence-corrected chi connectivity index (χ0v) is 16.5. The van der Waals surface area contributed by atoms with E-state index in [1.54, 1.807) is 18.3 Å². The van der Waals surface area contributed by atoms with Crippen LogP contribution in [0, 0.1) is 5.82 Å². The summed E-state index contributed by atoms with van der Waals surface area (Å²) in [5.74, 6) is 0.364. The molecule has 0 fully saturated rings. The first-order valence-corrected chi connectivity index (χ1v) is 9.29. The van der Waals surface area contributed by atoms with Gasteiger partial charge in [-0.05, 0) is 29.8 Å². The summed E-state index contributed by atoms with van der Waals surface area (Å²) in [4.78, 5) is 16.8. The summed E-state index contributed by atoms with van der Waals surface area (Å²) < 4.78 is 20.5. The van der Waals surface area contributed by atoms with E-state index in [2.05, 4.69) is 10.3 Å². The van der Waals surface area contributed by atoms with Crippen molar-refractivity contribution in [1.82, 2.24) is 14.9 Å². The minimum absolute atomic E-state index is 0.0282. The van der Waals surface area contributed by atoms with Crippen molar-refractivity contribution in [3.63, 3.8) is 0 Å². The fourth-order valence-electron chi connectivity index (χ4n) is 2.67. The van der Waals surface area contributed by atoms with Gasteiger partial charge in [-0.2, -0.15) is 0 Å². The Kier molecular flexibility index (Phi) is 6.54. The van der Waals surface area contributed by atoms with Crippen molar-refractivity contribution in [1.29, 1.82) is 0 Å². The van der Waals surface area contributed by atoms with E-state index in [-0.39, 0.29) is 24.0 Å². The molecule has 0 aliphatic heterocycles. The van der Waals surface area contributed by atoms with Crippen LogP contribution in [0.5, 0.6) is 5.75 Å². The largest absolute Gasteiger partial charge is 0.493 e. The lowest BCUT2D eigenvalue weighted by Gasteiger charge is -2.19. The lowest BCUT2D eigenvalue weighted by atomic mass is 10.1. The molecule has 0 spiro atoms. The molecule has 1 amide bonds. The van der Waals surface area contributed by atoms with Crippen molar-refractivity contribution in [3.8, 4) is 5.75 Å². The van der Waals surface area contributed by atoms with Gasteiger partial charge in [0.2, 0.25) is 5.91 Å². The fraction of sp³-hybridized carbons (Fsp3) is 0.200. The predicted octanol–water partition coefficient (Wildman–Crippen LogP) is 4.54. The first-order chi connectivity index (χ1) is 13.4. The van der Waals surface area contributed by atoms with Crippen molar-refractivity contribution in [2.24, 2.45) is 7.05 Å². The van der Waals surface area contributed by atoms with Crippen LogP contribution in [0.3, 0.4) is 0 Å². The van der Waals surface area contributed by atoms with E-state index in [0.29, 0.717) is 16.6 Å². The summed E-state index contributed by atoms with van der Waals surface area (Å²) in [6.45, 7) is 0.127. The Bertz CT molecular complexity index is 960. The minimum Gasteiger partial charge on any atom is -0.493 e. The summed E-state index contributed by atoms with van der Waals surface area (Å²) in [6.07, 6.45) is 3.60. The normalized spacial score (nSPS) is 11.9. The van der Waals surface area contributed by atoms with Crippen molar-refractivity contribution in [2.75, 3.05) is 6.61 Å². The number of hydrogen-bond acceptors (Lipinski definition) is 3. The molecule has 1 aromatic heterocycles. The number of rotatable bonds is 7. The van der Waals surface area contributed by atoms with Crippen LogP contribution < -0.4 is 10.1 Å². The summed E-state index contributed by atoms with van der Waals surface area (Å²) in [6, 6.07) is 10.8. The molecule has 3 aromatic rings. The molecule has 1 heterocycles. The second kappa shape index (κ2) is 9.08. The van der Waals surface area contributed by atoms with Gasteiger partial charge in [0, 0.05) is 30.5 Å². The molecule has 0 saturated carbocycles. The fourth-order valence-corrected chi connectivity index (χ4v) is 2.97. The minimum atomic E-state index is -0.521. The molecular formula is C20H18Cl2FN3O2. The highest BCUT2D eigenvalue weighted by Crippen LogP contribution is 2.23. The van der Waals surface area contributed by atoms with Crippen molar-refractivity contribution < 1.29 is 13.9 Å². The van der Waals surface area contributed by atoms with Gasteiger partial charge >= 0.3 is 0 Å². The number of aryl methyl sites for hydroxylation is 1. The van der Waals surface area contributed by atoms with E-state index >= 15 is 0 Å². The number of hydrogen-bond donors (Lipinski definition) is 1. The first-order valence-electron chi connectivity index (χ1n) is 8.54. The number of halogens is 3. The van der Waals surface area contributed by atoms with Gasteiger partial charge in [0.05, 0.1) is 18.1 Å². The standard InChI is InChI=1S/C20H18Cl2FN3O2/c1-26-10-9-24-20(26)19(13-2-4-14(21)5-3-13)25-18(27)8-11-28-15-6-7-17(23)16(22)12-15/h2-7,9-10,12,19H,8,11H2,1H3,(H,25,27)/t19-/m0/s1. The lowest BCUT2D eigenvalue weighted by molar-refractivity contribution is -0.122. The molecule has 8 heteroatoms. The molecule has 0 unspecified atom stereocenters. The maximum absolute atomic E-state index is 13.2. The SMILES string of the molecule is Cn1ccnc1[C@@H](NC(=O)CCOc1ccc(F)c(Cl)c1)c1ccc(Cl)cc1. The summed E-state index contributed by atoms with van der Waals surface area (Å²) in [5.41, 5.74) is 0.860. The number of nitrogens with one attached hydrogen (secondary N) is 1. The Hall–Kier alpha value is -2.57. The molecule has 0 radical (unpaired) electrons. The second-order valence-electron chi connectivity index (χ2n) is 6.12. The van der Waals surface area contributed by atoms with Gasteiger partial charge in [-0.15, -0.1) is 0 Å². The van der Waals surface area contributed by atoms with E-state index in [4.69, 9.17) is 27.9 Å². The van der Waals surface area contributed by atoms with Crippen LogP contribution in [0.15, 0.2) is 54.9 Å². The van der Waals surface area contributed by atoms with Crippen LogP contribution in [-0.4, -0.2) is 22.1 Å². The van der Waals surface area contributed by atoms with Gasteiger partial charge < -0.3 is 14.6 Å². The highest BCUT2D eigenvalue weighted by molar-refractivity contribution is 6.31. The molecule has 5 nitrogen and oxygen atoms in total. The number of carbonyl (C=O) groups excluding carboxylic acids is 1. The third-order valence-corrected chi connectivity index (χ3v) is 4.66. The van der Waals surface area contributed by atoms with Crippen molar-refractivity contribution in [3.05, 3.63) is 82.1 Å². The van der Waals surface area contributed by atoms with Crippen molar-refractivity contribution in [2.45, 2.75) is 12.5 Å². The van der Waals surface area contributed by atoms with Crippen LogP contribution in [0.2, 0.25) is 10.0 Å². The molecule has 2 aromatic carbocycles. The van der Waals surface area contributed by atoms with Crippen LogP contribution >= 0.6 is 23.2 Å². The Morgan fingerprint density at radius 1 is 1.25 bits per heavy atom. The average Bonchev–Trinajstić information content (AvgIpc) is 3.09. The van der Waals surface area contributed by atoms with Crippen LogP contribution in [0.1, 0.15) is 23.9 Å². The average molecular weight is 422 g/mol. The number of imidazole rings is 1. The van der Waals surface area contributed by atoms with Gasteiger partial charge in [-0.1, -0.05) is 35.3 Å². The maximum atomic E-state index is 13.2. The number of nitrogens with zero attached hydrogens (tertiary/aromatic N) is 2. The predicted molar refractivity (Wildman–Crippen MR) is 106 cm³/mol. The monoisotopic (exact) mass is 421 g/mol. The Balaban J connectivity index is 1.65. The Labute approximate surface area is 172 Å². The second-order valence-corrected chi connectivity index (χ2v) is 6.97. The van der Waals surface area contributed by atoms with E-state index in [1.165, 1.54) is 18.2 Å². The highest BCUT2D eigenvalue weighted by Gasteiger charge is 2.20. The molecule has 3 rings (SSSR count). The number of aromatic nitrogens is 2. The molecule has 0 aliphatic carbocycles. The quantitative estimate of drug-likeness (QED) is 0.608.